The summed E-state index contributed by atoms with van der Waals surface area (Å²) in [4.78, 5) is 4.27. The molecule has 0 amide bonds. The molecule has 0 atom stereocenters. The lowest BCUT2D eigenvalue weighted by Crippen LogP contribution is -2.19. The molecule has 3 nitrogen and oxygen atoms in total. The van der Waals surface area contributed by atoms with Gasteiger partial charge in [0.2, 0.25) is 0 Å². The van der Waals surface area contributed by atoms with Crippen LogP contribution in [0.25, 0.3) is 0 Å². The van der Waals surface area contributed by atoms with Gasteiger partial charge in [0.1, 0.15) is 11.6 Å². The minimum atomic E-state index is -0.278. The zero-order valence-electron chi connectivity index (χ0n) is 9.77. The molecule has 0 bridgehead atoms. The Balaban J connectivity index is 1.98. The van der Waals surface area contributed by atoms with Crippen LogP contribution >= 0.6 is 12.2 Å². The topological polar surface area (TPSA) is 37.0 Å². The summed E-state index contributed by atoms with van der Waals surface area (Å²) in [6.07, 6.45) is 0. The molecular weight excluding hydrogens is 249 g/mol. The van der Waals surface area contributed by atoms with Gasteiger partial charge in [-0.25, -0.2) is 9.37 Å². The average Bonchev–Trinajstić information content (AvgIpc) is 2.32. The van der Waals surface area contributed by atoms with E-state index >= 15 is 0 Å². The highest BCUT2D eigenvalue weighted by Crippen LogP contribution is 2.09. The number of thiocarbonyl (C=S) groups is 1. The Kier molecular flexibility index (Phi) is 3.84. The molecule has 1 aromatic carbocycles. The summed E-state index contributed by atoms with van der Waals surface area (Å²) in [5.74, 6) is 0.398. The molecule has 0 aliphatic rings. The number of pyridine rings is 1. The van der Waals surface area contributed by atoms with E-state index in [2.05, 4.69) is 15.6 Å². The fourth-order valence-corrected chi connectivity index (χ4v) is 1.65. The van der Waals surface area contributed by atoms with Crippen LogP contribution in [0, 0.1) is 12.7 Å². The third-order valence-corrected chi connectivity index (χ3v) is 2.44. The van der Waals surface area contributed by atoms with Crippen molar-refractivity contribution in [1.82, 2.24) is 4.98 Å². The van der Waals surface area contributed by atoms with E-state index in [4.69, 9.17) is 12.2 Å². The van der Waals surface area contributed by atoms with Crippen LogP contribution < -0.4 is 10.6 Å². The highest BCUT2D eigenvalue weighted by molar-refractivity contribution is 7.80. The minimum Gasteiger partial charge on any atom is -0.332 e. The molecule has 5 heteroatoms. The number of aryl methyl sites for hydroxylation is 1. The summed E-state index contributed by atoms with van der Waals surface area (Å²) >= 11 is 5.14. The molecule has 0 aliphatic carbocycles. The van der Waals surface area contributed by atoms with E-state index in [1.165, 1.54) is 12.1 Å². The maximum absolute atomic E-state index is 12.7. The van der Waals surface area contributed by atoms with E-state index in [9.17, 15) is 4.39 Å². The number of rotatable bonds is 2. The molecule has 0 radical (unpaired) electrons. The molecule has 0 spiro atoms. The van der Waals surface area contributed by atoms with Crippen molar-refractivity contribution in [3.05, 3.63) is 54.0 Å². The summed E-state index contributed by atoms with van der Waals surface area (Å²) < 4.78 is 12.7. The minimum absolute atomic E-state index is 0.278. The van der Waals surface area contributed by atoms with Gasteiger partial charge < -0.3 is 10.6 Å². The van der Waals surface area contributed by atoms with Crippen molar-refractivity contribution < 1.29 is 4.39 Å². The first-order valence-corrected chi connectivity index (χ1v) is 5.81. The van der Waals surface area contributed by atoms with E-state index in [0.29, 0.717) is 10.9 Å². The summed E-state index contributed by atoms with van der Waals surface area (Å²) in [5.41, 5.74) is 1.63. The Hall–Kier alpha value is -2.01. The molecule has 2 rings (SSSR count). The monoisotopic (exact) mass is 261 g/mol. The van der Waals surface area contributed by atoms with Crippen LogP contribution in [0.15, 0.2) is 42.5 Å². The fourth-order valence-electron chi connectivity index (χ4n) is 1.42. The molecular formula is C13H12FN3S. The Labute approximate surface area is 110 Å². The molecule has 2 aromatic rings. The molecule has 92 valence electrons. The standard InChI is InChI=1S/C13H12FN3S/c1-9-3-2-4-12(15-9)17-13(18)16-11-7-5-10(14)6-8-11/h2-8H,1H3,(H2,15,16,17,18). The van der Waals surface area contributed by atoms with Gasteiger partial charge in [0.15, 0.2) is 5.11 Å². The van der Waals surface area contributed by atoms with Gasteiger partial charge in [-0.3, -0.25) is 0 Å². The van der Waals surface area contributed by atoms with Crippen LogP contribution in [0.1, 0.15) is 5.69 Å². The maximum atomic E-state index is 12.7. The largest absolute Gasteiger partial charge is 0.332 e. The van der Waals surface area contributed by atoms with Crippen LogP contribution in [0.2, 0.25) is 0 Å². The van der Waals surface area contributed by atoms with Crippen molar-refractivity contribution >= 4 is 28.8 Å². The number of nitrogens with one attached hydrogen (secondary N) is 2. The number of aromatic nitrogens is 1. The number of halogens is 1. The predicted octanol–water partition coefficient (Wildman–Crippen LogP) is 3.34. The number of benzene rings is 1. The van der Waals surface area contributed by atoms with Gasteiger partial charge in [-0.05, 0) is 55.5 Å². The number of nitrogens with zero attached hydrogens (tertiary/aromatic N) is 1. The van der Waals surface area contributed by atoms with Crippen molar-refractivity contribution in [1.29, 1.82) is 0 Å². The van der Waals surface area contributed by atoms with E-state index in [1.54, 1.807) is 12.1 Å². The smallest absolute Gasteiger partial charge is 0.176 e. The molecule has 0 saturated carbocycles. The molecule has 18 heavy (non-hydrogen) atoms. The Morgan fingerprint density at radius 3 is 2.50 bits per heavy atom. The number of hydrogen-bond acceptors (Lipinski definition) is 2. The van der Waals surface area contributed by atoms with Crippen molar-refractivity contribution in [2.45, 2.75) is 6.92 Å². The molecule has 0 fully saturated rings. The SMILES string of the molecule is Cc1cccc(NC(=S)Nc2ccc(F)cc2)n1. The van der Waals surface area contributed by atoms with E-state index in [0.717, 1.165) is 11.4 Å². The zero-order valence-corrected chi connectivity index (χ0v) is 10.6. The molecule has 0 aliphatic heterocycles. The van der Waals surface area contributed by atoms with Gasteiger partial charge in [-0.1, -0.05) is 6.07 Å². The van der Waals surface area contributed by atoms with Crippen molar-refractivity contribution in [2.75, 3.05) is 10.6 Å². The summed E-state index contributed by atoms with van der Waals surface area (Å²) in [5, 5.41) is 6.33. The lowest BCUT2D eigenvalue weighted by Gasteiger charge is -2.10. The number of anilines is 2. The molecule has 1 heterocycles. The lowest BCUT2D eigenvalue weighted by molar-refractivity contribution is 0.628. The fraction of sp³-hybridized carbons (Fsp3) is 0.0769. The van der Waals surface area contributed by atoms with E-state index in [-0.39, 0.29) is 5.82 Å². The van der Waals surface area contributed by atoms with Crippen LogP contribution in [0.4, 0.5) is 15.9 Å². The predicted molar refractivity (Wildman–Crippen MR) is 75.2 cm³/mol. The van der Waals surface area contributed by atoms with Gasteiger partial charge in [0.25, 0.3) is 0 Å². The third-order valence-electron chi connectivity index (χ3n) is 2.23. The summed E-state index contributed by atoms with van der Waals surface area (Å²) in [6, 6.07) is 11.6. The van der Waals surface area contributed by atoms with Crippen LogP contribution in [-0.4, -0.2) is 10.1 Å². The summed E-state index contributed by atoms with van der Waals surface area (Å²) in [6.45, 7) is 1.90. The maximum Gasteiger partial charge on any atom is 0.176 e. The first kappa shape index (κ1) is 12.4. The molecule has 0 saturated heterocycles. The second kappa shape index (κ2) is 5.55. The molecule has 2 N–H and O–H groups in total. The van der Waals surface area contributed by atoms with Crippen molar-refractivity contribution in [3.63, 3.8) is 0 Å². The highest BCUT2D eigenvalue weighted by atomic mass is 32.1. The quantitative estimate of drug-likeness (QED) is 0.813. The normalized spacial score (nSPS) is 9.89. The van der Waals surface area contributed by atoms with Gasteiger partial charge >= 0.3 is 0 Å². The highest BCUT2D eigenvalue weighted by Gasteiger charge is 2.00. The van der Waals surface area contributed by atoms with Crippen LogP contribution in [-0.2, 0) is 0 Å². The van der Waals surface area contributed by atoms with Gasteiger partial charge in [-0.2, -0.15) is 0 Å². The number of hydrogen-bond donors (Lipinski definition) is 2. The Morgan fingerprint density at radius 1 is 1.11 bits per heavy atom. The van der Waals surface area contributed by atoms with E-state index in [1.807, 2.05) is 25.1 Å². The van der Waals surface area contributed by atoms with Gasteiger partial charge in [-0.15, -0.1) is 0 Å². The molecule has 1 aromatic heterocycles. The molecule has 0 unspecified atom stereocenters. The third kappa shape index (κ3) is 3.49. The Bertz CT molecular complexity index is 554. The van der Waals surface area contributed by atoms with Crippen molar-refractivity contribution in [3.8, 4) is 0 Å². The van der Waals surface area contributed by atoms with Crippen LogP contribution in [0.3, 0.4) is 0 Å². The second-order valence-electron chi connectivity index (χ2n) is 3.75. The summed E-state index contributed by atoms with van der Waals surface area (Å²) in [7, 11) is 0. The zero-order chi connectivity index (χ0) is 13.0. The lowest BCUT2D eigenvalue weighted by atomic mass is 10.3. The average molecular weight is 261 g/mol. The van der Waals surface area contributed by atoms with Gasteiger partial charge in [0.05, 0.1) is 0 Å². The van der Waals surface area contributed by atoms with Crippen LogP contribution in [0.5, 0.6) is 0 Å². The first-order valence-electron chi connectivity index (χ1n) is 5.41. The second-order valence-corrected chi connectivity index (χ2v) is 4.16. The van der Waals surface area contributed by atoms with E-state index < -0.39 is 0 Å². The van der Waals surface area contributed by atoms with Gasteiger partial charge in [0, 0.05) is 11.4 Å². The first-order chi connectivity index (χ1) is 8.63. The van der Waals surface area contributed by atoms with Crippen molar-refractivity contribution in [2.24, 2.45) is 0 Å². The Morgan fingerprint density at radius 2 is 1.83 bits per heavy atom.